The maximum Gasteiger partial charge on any atom is 0.409 e. The van der Waals surface area contributed by atoms with Crippen molar-refractivity contribution in [3.05, 3.63) is 17.2 Å². The number of ether oxygens (including phenoxy) is 4. The van der Waals surface area contributed by atoms with E-state index in [9.17, 15) is 4.79 Å². The third kappa shape index (κ3) is 3.58. The van der Waals surface area contributed by atoms with Gasteiger partial charge >= 0.3 is 6.09 Å². The third-order valence-corrected chi connectivity index (χ3v) is 3.43. The molecule has 1 aromatic carbocycles. The fourth-order valence-electron chi connectivity index (χ4n) is 2.30. The summed E-state index contributed by atoms with van der Waals surface area (Å²) in [5.74, 6) is 1.47. The lowest BCUT2D eigenvalue weighted by Crippen LogP contribution is -2.29. The number of fused-ring (bicyclic) bond motifs is 1. The largest absolute Gasteiger partial charge is 0.492 e. The van der Waals surface area contributed by atoms with Gasteiger partial charge in [-0.1, -0.05) is 5.16 Å². The van der Waals surface area contributed by atoms with E-state index >= 15 is 0 Å². The predicted octanol–water partition coefficient (Wildman–Crippen LogP) is 1.86. The highest BCUT2D eigenvalue weighted by molar-refractivity contribution is 5.88. The first-order valence-corrected chi connectivity index (χ1v) is 7.17. The number of benzene rings is 1. The normalized spacial score (nSPS) is 12.5. The molecule has 1 aromatic rings. The number of nitrogens with zero attached hydrogens (tertiary/aromatic N) is 2. The Labute approximate surface area is 134 Å². The van der Waals surface area contributed by atoms with E-state index in [-0.39, 0.29) is 6.79 Å². The van der Waals surface area contributed by atoms with Crippen LogP contribution in [0.4, 0.5) is 4.79 Å². The zero-order chi connectivity index (χ0) is 16.8. The lowest BCUT2D eigenvalue weighted by molar-refractivity contribution is 0.116. The maximum atomic E-state index is 11.7. The Morgan fingerprint density at radius 3 is 2.96 bits per heavy atom. The lowest BCUT2D eigenvalue weighted by Gasteiger charge is -2.18. The molecular weight excluding hydrogens is 304 g/mol. The molecule has 1 heterocycles. The summed E-state index contributed by atoms with van der Waals surface area (Å²) in [7, 11) is 3.16. The summed E-state index contributed by atoms with van der Waals surface area (Å²) in [6.07, 6.45) is 1.39. The Morgan fingerprint density at radius 2 is 2.30 bits per heavy atom. The average Bonchev–Trinajstić information content (AvgIpc) is 3.00. The van der Waals surface area contributed by atoms with Gasteiger partial charge in [-0.25, -0.2) is 4.79 Å². The van der Waals surface area contributed by atoms with E-state index in [0.717, 1.165) is 5.56 Å². The van der Waals surface area contributed by atoms with Crippen LogP contribution in [-0.2, 0) is 11.2 Å². The Morgan fingerprint density at radius 1 is 1.52 bits per heavy atom. The minimum Gasteiger partial charge on any atom is -0.492 e. The van der Waals surface area contributed by atoms with Crippen molar-refractivity contribution in [3.8, 4) is 17.2 Å². The first-order chi connectivity index (χ1) is 11.1. The van der Waals surface area contributed by atoms with Crippen LogP contribution in [0, 0.1) is 0 Å². The number of amides is 1. The van der Waals surface area contributed by atoms with Crippen LogP contribution in [0.25, 0.3) is 0 Å². The molecule has 0 bridgehead atoms. The second kappa shape index (κ2) is 7.57. The molecule has 126 valence electrons. The van der Waals surface area contributed by atoms with Crippen LogP contribution < -0.4 is 14.2 Å². The van der Waals surface area contributed by atoms with Crippen molar-refractivity contribution in [2.24, 2.45) is 5.16 Å². The van der Waals surface area contributed by atoms with Gasteiger partial charge in [-0.05, 0) is 25.0 Å². The average molecular weight is 324 g/mol. The fraction of sp³-hybridized carbons (Fsp3) is 0.467. The number of carbonyl (C=O) groups is 1. The summed E-state index contributed by atoms with van der Waals surface area (Å²) in [5.41, 5.74) is 1.39. The molecule has 0 atom stereocenters. The van der Waals surface area contributed by atoms with Crippen LogP contribution in [0.3, 0.4) is 0 Å². The van der Waals surface area contributed by atoms with Crippen molar-refractivity contribution in [2.45, 2.75) is 13.3 Å². The van der Waals surface area contributed by atoms with E-state index in [0.29, 0.717) is 42.4 Å². The fourth-order valence-corrected chi connectivity index (χ4v) is 2.30. The van der Waals surface area contributed by atoms with E-state index in [1.807, 2.05) is 0 Å². The summed E-state index contributed by atoms with van der Waals surface area (Å²) >= 11 is 0. The molecule has 1 N–H and O–H groups in total. The molecule has 0 radical (unpaired) electrons. The molecule has 0 spiro atoms. The molecule has 0 saturated heterocycles. The Hall–Kier alpha value is -2.64. The van der Waals surface area contributed by atoms with Gasteiger partial charge in [-0.3, -0.25) is 0 Å². The predicted molar refractivity (Wildman–Crippen MR) is 81.9 cm³/mol. The Bertz CT molecular complexity index is 602. The second-order valence-corrected chi connectivity index (χ2v) is 4.83. The van der Waals surface area contributed by atoms with Gasteiger partial charge in [0.05, 0.1) is 19.9 Å². The minimum atomic E-state index is -0.391. The number of methoxy groups -OCH3 is 1. The molecule has 0 aromatic heterocycles. The van der Waals surface area contributed by atoms with E-state index < -0.39 is 6.09 Å². The van der Waals surface area contributed by atoms with Crippen molar-refractivity contribution >= 4 is 12.3 Å². The highest BCUT2D eigenvalue weighted by Crippen LogP contribution is 2.44. The monoisotopic (exact) mass is 324 g/mol. The molecule has 0 saturated carbocycles. The molecule has 1 aliphatic heterocycles. The third-order valence-electron chi connectivity index (χ3n) is 3.43. The summed E-state index contributed by atoms with van der Waals surface area (Å²) < 4.78 is 21.1. The van der Waals surface area contributed by atoms with E-state index in [4.69, 9.17) is 24.2 Å². The van der Waals surface area contributed by atoms with Crippen molar-refractivity contribution < 1.29 is 28.9 Å². The van der Waals surface area contributed by atoms with E-state index in [1.54, 1.807) is 20.0 Å². The van der Waals surface area contributed by atoms with Crippen LogP contribution in [-0.4, -0.2) is 56.5 Å². The standard InChI is InChI=1S/C15H20N2O6/c1-4-21-15(18)17(2)6-5-10-7-12-14(23-9-22-12)13(20-3)11(10)8-16-19/h7-8,19H,4-6,9H2,1-3H3. The summed E-state index contributed by atoms with van der Waals surface area (Å²) in [5, 5.41) is 12.0. The maximum absolute atomic E-state index is 11.7. The van der Waals surface area contributed by atoms with E-state index in [2.05, 4.69) is 5.16 Å². The molecule has 0 fully saturated rings. The molecule has 23 heavy (non-hydrogen) atoms. The van der Waals surface area contributed by atoms with Crippen LogP contribution in [0.1, 0.15) is 18.1 Å². The number of rotatable bonds is 6. The van der Waals surface area contributed by atoms with Gasteiger partial charge in [-0.2, -0.15) is 0 Å². The van der Waals surface area contributed by atoms with E-state index in [1.165, 1.54) is 18.2 Å². The summed E-state index contributed by atoms with van der Waals surface area (Å²) in [6, 6.07) is 1.79. The Kier molecular flexibility index (Phi) is 5.51. The highest BCUT2D eigenvalue weighted by Gasteiger charge is 2.25. The number of hydrogen-bond donors (Lipinski definition) is 1. The first-order valence-electron chi connectivity index (χ1n) is 7.17. The van der Waals surface area contributed by atoms with Crippen LogP contribution in [0.15, 0.2) is 11.2 Å². The molecule has 1 aliphatic rings. The first kappa shape index (κ1) is 16.7. The summed E-state index contributed by atoms with van der Waals surface area (Å²) in [6.45, 7) is 2.61. The van der Waals surface area contributed by atoms with Gasteiger partial charge in [0.15, 0.2) is 11.5 Å². The lowest BCUT2D eigenvalue weighted by atomic mass is 10.0. The van der Waals surface area contributed by atoms with Crippen LogP contribution in [0.5, 0.6) is 17.2 Å². The molecular formula is C15H20N2O6. The minimum absolute atomic E-state index is 0.105. The van der Waals surface area contributed by atoms with Crippen LogP contribution in [0.2, 0.25) is 0 Å². The molecule has 8 nitrogen and oxygen atoms in total. The molecule has 2 rings (SSSR count). The highest BCUT2D eigenvalue weighted by atomic mass is 16.7. The number of hydrogen-bond acceptors (Lipinski definition) is 7. The quantitative estimate of drug-likeness (QED) is 0.488. The number of carbonyl (C=O) groups excluding carboxylic acids is 1. The topological polar surface area (TPSA) is 89.8 Å². The van der Waals surface area contributed by atoms with Gasteiger partial charge in [-0.15, -0.1) is 0 Å². The molecule has 0 aliphatic carbocycles. The van der Waals surface area contributed by atoms with Gasteiger partial charge in [0.25, 0.3) is 0 Å². The summed E-state index contributed by atoms with van der Waals surface area (Å²) in [4.78, 5) is 13.1. The smallest absolute Gasteiger partial charge is 0.409 e. The molecule has 0 unspecified atom stereocenters. The number of likely N-dealkylation sites (N-methyl/N-ethyl adjacent to an activating group) is 1. The molecule has 1 amide bonds. The zero-order valence-electron chi connectivity index (χ0n) is 13.4. The van der Waals surface area contributed by atoms with Crippen molar-refractivity contribution in [1.29, 1.82) is 0 Å². The van der Waals surface area contributed by atoms with Crippen LogP contribution >= 0.6 is 0 Å². The SMILES string of the molecule is CCOC(=O)N(C)CCc1cc2c(c(OC)c1C=NO)OCO2. The molecule has 8 heteroatoms. The van der Waals surface area contributed by atoms with Crippen molar-refractivity contribution in [1.82, 2.24) is 4.90 Å². The Balaban J connectivity index is 2.25. The number of oxime groups is 1. The van der Waals surface area contributed by atoms with Gasteiger partial charge in [0, 0.05) is 19.2 Å². The van der Waals surface area contributed by atoms with Gasteiger partial charge < -0.3 is 29.1 Å². The van der Waals surface area contributed by atoms with Crippen molar-refractivity contribution in [2.75, 3.05) is 34.1 Å². The van der Waals surface area contributed by atoms with Crippen molar-refractivity contribution in [3.63, 3.8) is 0 Å². The second-order valence-electron chi connectivity index (χ2n) is 4.83. The van der Waals surface area contributed by atoms with Gasteiger partial charge in [0.1, 0.15) is 0 Å². The zero-order valence-corrected chi connectivity index (χ0v) is 13.4. The van der Waals surface area contributed by atoms with Gasteiger partial charge in [0.2, 0.25) is 12.5 Å².